The van der Waals surface area contributed by atoms with Crippen molar-refractivity contribution in [3.05, 3.63) is 16.0 Å². The Balaban J connectivity index is 3.19. The highest BCUT2D eigenvalue weighted by molar-refractivity contribution is 9.10. The zero-order valence-electron chi connectivity index (χ0n) is 12.1. The Bertz CT molecular complexity index is 397. The van der Waals surface area contributed by atoms with Gasteiger partial charge >= 0.3 is 0 Å². The van der Waals surface area contributed by atoms with E-state index in [0.717, 1.165) is 41.2 Å². The molecular weight excluding hydrogens is 290 g/mol. The number of nitrogens with zero attached hydrogens (tertiary/aromatic N) is 2. The SMILES string of the molecule is CCCCc1nc(NCC)c(Br)c(C(C)(C)C)n1. The van der Waals surface area contributed by atoms with E-state index in [0.29, 0.717) is 0 Å². The third-order valence-electron chi connectivity index (χ3n) is 2.71. The molecule has 0 amide bonds. The third-order valence-corrected chi connectivity index (χ3v) is 3.46. The summed E-state index contributed by atoms with van der Waals surface area (Å²) in [4.78, 5) is 9.33. The van der Waals surface area contributed by atoms with Gasteiger partial charge in [-0.1, -0.05) is 34.1 Å². The lowest BCUT2D eigenvalue weighted by Gasteiger charge is -2.22. The van der Waals surface area contributed by atoms with Crippen molar-refractivity contribution in [3.8, 4) is 0 Å². The van der Waals surface area contributed by atoms with E-state index < -0.39 is 0 Å². The number of aryl methyl sites for hydroxylation is 1. The fourth-order valence-corrected chi connectivity index (χ4v) is 2.63. The van der Waals surface area contributed by atoms with E-state index in [-0.39, 0.29) is 5.41 Å². The molecule has 3 nitrogen and oxygen atoms in total. The van der Waals surface area contributed by atoms with Crippen molar-refractivity contribution >= 4 is 21.7 Å². The van der Waals surface area contributed by atoms with Gasteiger partial charge in [0.25, 0.3) is 0 Å². The molecule has 0 aliphatic carbocycles. The van der Waals surface area contributed by atoms with Crippen LogP contribution in [0.3, 0.4) is 0 Å². The first-order valence-corrected chi connectivity index (χ1v) is 7.50. The van der Waals surface area contributed by atoms with Crippen LogP contribution in [0.2, 0.25) is 0 Å². The number of anilines is 1. The van der Waals surface area contributed by atoms with Crippen LogP contribution in [0.4, 0.5) is 5.82 Å². The van der Waals surface area contributed by atoms with Crippen molar-refractivity contribution < 1.29 is 0 Å². The molecule has 0 fully saturated rings. The molecule has 0 saturated heterocycles. The molecule has 1 aromatic rings. The second kappa shape index (κ2) is 6.50. The largest absolute Gasteiger partial charge is 0.369 e. The number of hydrogen-bond donors (Lipinski definition) is 1. The minimum atomic E-state index is 0.0207. The van der Waals surface area contributed by atoms with Gasteiger partial charge in [-0.05, 0) is 29.3 Å². The number of aromatic nitrogens is 2. The van der Waals surface area contributed by atoms with Gasteiger partial charge in [0, 0.05) is 18.4 Å². The minimum Gasteiger partial charge on any atom is -0.369 e. The van der Waals surface area contributed by atoms with Crippen molar-refractivity contribution in [2.75, 3.05) is 11.9 Å². The molecule has 1 N–H and O–H groups in total. The van der Waals surface area contributed by atoms with Gasteiger partial charge < -0.3 is 5.32 Å². The highest BCUT2D eigenvalue weighted by Gasteiger charge is 2.22. The highest BCUT2D eigenvalue weighted by atomic mass is 79.9. The quantitative estimate of drug-likeness (QED) is 0.880. The van der Waals surface area contributed by atoms with Gasteiger partial charge in [0.15, 0.2) is 0 Å². The zero-order chi connectivity index (χ0) is 13.8. The first kappa shape index (κ1) is 15.4. The number of unbranched alkanes of at least 4 members (excludes halogenated alkanes) is 1. The van der Waals surface area contributed by atoms with Gasteiger partial charge in [0.2, 0.25) is 0 Å². The highest BCUT2D eigenvalue weighted by Crippen LogP contribution is 2.32. The fraction of sp³-hybridized carbons (Fsp3) is 0.714. The van der Waals surface area contributed by atoms with Crippen LogP contribution in [0.5, 0.6) is 0 Å². The average Bonchev–Trinajstić information content (AvgIpc) is 2.28. The number of rotatable bonds is 5. The molecular formula is C14H24BrN3. The van der Waals surface area contributed by atoms with Crippen LogP contribution >= 0.6 is 15.9 Å². The fourth-order valence-electron chi connectivity index (χ4n) is 1.72. The average molecular weight is 314 g/mol. The van der Waals surface area contributed by atoms with Crippen molar-refractivity contribution in [1.82, 2.24) is 9.97 Å². The third kappa shape index (κ3) is 3.94. The molecule has 0 unspecified atom stereocenters. The minimum absolute atomic E-state index is 0.0207. The summed E-state index contributed by atoms with van der Waals surface area (Å²) in [6.45, 7) is 11.7. The van der Waals surface area contributed by atoms with Crippen LogP contribution in [-0.2, 0) is 11.8 Å². The maximum absolute atomic E-state index is 4.73. The summed E-state index contributed by atoms with van der Waals surface area (Å²) < 4.78 is 0.997. The number of hydrogen-bond acceptors (Lipinski definition) is 3. The first-order valence-electron chi connectivity index (χ1n) is 6.70. The van der Waals surface area contributed by atoms with E-state index in [9.17, 15) is 0 Å². The Hall–Kier alpha value is -0.640. The van der Waals surface area contributed by atoms with E-state index in [4.69, 9.17) is 4.98 Å². The standard InChI is InChI=1S/C14H24BrN3/c1-6-8-9-10-17-12(14(3,4)5)11(15)13(18-10)16-7-2/h6-9H2,1-5H3,(H,16,17,18). The Labute approximate surface area is 119 Å². The van der Waals surface area contributed by atoms with E-state index in [1.165, 1.54) is 6.42 Å². The van der Waals surface area contributed by atoms with Gasteiger partial charge in [-0.2, -0.15) is 0 Å². The molecule has 1 rings (SSSR count). The maximum atomic E-state index is 4.73. The summed E-state index contributed by atoms with van der Waals surface area (Å²) in [6, 6.07) is 0. The van der Waals surface area contributed by atoms with Crippen LogP contribution in [0.1, 0.15) is 59.0 Å². The van der Waals surface area contributed by atoms with E-state index in [1.54, 1.807) is 0 Å². The van der Waals surface area contributed by atoms with Gasteiger partial charge in [-0.3, -0.25) is 0 Å². The van der Waals surface area contributed by atoms with Gasteiger partial charge in [-0.15, -0.1) is 0 Å². The summed E-state index contributed by atoms with van der Waals surface area (Å²) in [5.74, 6) is 1.87. The summed E-state index contributed by atoms with van der Waals surface area (Å²) in [5.41, 5.74) is 1.10. The molecule has 1 heterocycles. The Morgan fingerprint density at radius 3 is 2.33 bits per heavy atom. The topological polar surface area (TPSA) is 37.8 Å². The molecule has 0 spiro atoms. The molecule has 0 aromatic carbocycles. The molecule has 0 saturated carbocycles. The summed E-state index contributed by atoms with van der Waals surface area (Å²) in [6.07, 6.45) is 3.25. The molecule has 4 heteroatoms. The normalized spacial score (nSPS) is 11.7. The first-order chi connectivity index (χ1) is 8.40. The van der Waals surface area contributed by atoms with Gasteiger partial charge in [0.1, 0.15) is 11.6 Å². The lowest BCUT2D eigenvalue weighted by molar-refractivity contribution is 0.556. The maximum Gasteiger partial charge on any atom is 0.144 e. The van der Waals surface area contributed by atoms with Gasteiger partial charge in [0.05, 0.1) is 10.2 Å². The second-order valence-corrected chi connectivity index (χ2v) is 6.33. The molecule has 102 valence electrons. The van der Waals surface area contributed by atoms with Crippen LogP contribution in [0.25, 0.3) is 0 Å². The predicted molar refractivity (Wildman–Crippen MR) is 81.2 cm³/mol. The molecule has 0 atom stereocenters. The van der Waals surface area contributed by atoms with Crippen molar-refractivity contribution in [1.29, 1.82) is 0 Å². The van der Waals surface area contributed by atoms with Gasteiger partial charge in [-0.25, -0.2) is 9.97 Å². The lowest BCUT2D eigenvalue weighted by Crippen LogP contribution is -2.18. The summed E-state index contributed by atoms with van der Waals surface area (Å²) in [5, 5.41) is 3.31. The monoisotopic (exact) mass is 313 g/mol. The lowest BCUT2D eigenvalue weighted by atomic mass is 9.91. The number of halogens is 1. The molecule has 18 heavy (non-hydrogen) atoms. The van der Waals surface area contributed by atoms with E-state index >= 15 is 0 Å². The van der Waals surface area contributed by atoms with Crippen LogP contribution in [-0.4, -0.2) is 16.5 Å². The smallest absolute Gasteiger partial charge is 0.144 e. The molecule has 1 aromatic heterocycles. The Morgan fingerprint density at radius 2 is 1.83 bits per heavy atom. The zero-order valence-corrected chi connectivity index (χ0v) is 13.7. The Kier molecular flexibility index (Phi) is 5.57. The van der Waals surface area contributed by atoms with E-state index in [1.807, 2.05) is 0 Å². The van der Waals surface area contributed by atoms with Crippen LogP contribution in [0, 0.1) is 0 Å². The van der Waals surface area contributed by atoms with Crippen molar-refractivity contribution in [2.24, 2.45) is 0 Å². The summed E-state index contributed by atoms with van der Waals surface area (Å²) >= 11 is 3.63. The predicted octanol–water partition coefficient (Wildman–Crippen LogP) is 4.31. The van der Waals surface area contributed by atoms with Crippen LogP contribution < -0.4 is 5.32 Å². The van der Waals surface area contributed by atoms with Crippen molar-refractivity contribution in [3.63, 3.8) is 0 Å². The molecule has 0 aliphatic rings. The Morgan fingerprint density at radius 1 is 1.17 bits per heavy atom. The molecule has 0 aliphatic heterocycles. The second-order valence-electron chi connectivity index (χ2n) is 5.53. The number of nitrogens with one attached hydrogen (secondary N) is 1. The molecule has 0 radical (unpaired) electrons. The van der Waals surface area contributed by atoms with Crippen molar-refractivity contribution in [2.45, 2.75) is 59.3 Å². The van der Waals surface area contributed by atoms with Crippen LogP contribution in [0.15, 0.2) is 4.47 Å². The summed E-state index contributed by atoms with van der Waals surface area (Å²) in [7, 11) is 0. The molecule has 0 bridgehead atoms. The van der Waals surface area contributed by atoms with E-state index in [2.05, 4.69) is 60.8 Å².